The summed E-state index contributed by atoms with van der Waals surface area (Å²) in [4.78, 5) is 0. The smallest absolute Gasteiger partial charge is 0.134 e. The first kappa shape index (κ1) is 38.5. The molecule has 2 aromatic rings. The molecule has 0 saturated carbocycles. The van der Waals surface area contributed by atoms with Crippen LogP contribution in [0.2, 0.25) is 0 Å². The first-order valence-electron chi connectivity index (χ1n) is 17.5. The SMILES string of the molecule is C#CC#Cc1cc(C(C)(C)C)ccc1OCCCCCCCCCCCCCCCCOc1ccc(C(C)(C)C)cc1C#CC#C. The highest BCUT2D eigenvalue weighted by Gasteiger charge is 2.16. The van der Waals surface area contributed by atoms with Gasteiger partial charge in [-0.3, -0.25) is 0 Å². The maximum absolute atomic E-state index is 6.08. The van der Waals surface area contributed by atoms with Crippen LogP contribution >= 0.6 is 0 Å². The lowest BCUT2D eigenvalue weighted by atomic mass is 9.86. The Bertz CT molecular complexity index is 1280. The van der Waals surface area contributed by atoms with Gasteiger partial charge in [0.15, 0.2) is 0 Å². The van der Waals surface area contributed by atoms with Crippen LogP contribution in [0.5, 0.6) is 11.5 Å². The van der Waals surface area contributed by atoms with E-state index in [0.717, 1.165) is 48.7 Å². The molecule has 0 bridgehead atoms. The highest BCUT2D eigenvalue weighted by molar-refractivity contribution is 5.52. The number of hydrogen-bond acceptors (Lipinski definition) is 2. The van der Waals surface area contributed by atoms with Crippen molar-refractivity contribution in [1.82, 2.24) is 0 Å². The molecule has 0 aliphatic rings. The van der Waals surface area contributed by atoms with E-state index in [1.807, 2.05) is 12.1 Å². The average molecular weight is 619 g/mol. The summed E-state index contributed by atoms with van der Waals surface area (Å²) in [6.45, 7) is 14.7. The Morgan fingerprint density at radius 3 is 1.07 bits per heavy atom. The second kappa shape index (κ2) is 21.1. The van der Waals surface area contributed by atoms with Crippen molar-refractivity contribution in [3.63, 3.8) is 0 Å². The summed E-state index contributed by atoms with van der Waals surface area (Å²) in [5.74, 6) is 18.1. The predicted octanol–water partition coefficient (Wildman–Crippen LogP) is 11.2. The second-order valence-corrected chi connectivity index (χ2v) is 14.4. The predicted molar refractivity (Wildman–Crippen MR) is 197 cm³/mol. The Balaban J connectivity index is 1.46. The molecule has 46 heavy (non-hydrogen) atoms. The van der Waals surface area contributed by atoms with Gasteiger partial charge in [0.2, 0.25) is 0 Å². The summed E-state index contributed by atoms with van der Waals surface area (Å²) in [5.41, 5.74) is 4.37. The van der Waals surface area contributed by atoms with E-state index in [-0.39, 0.29) is 10.8 Å². The molecule has 2 rings (SSSR count). The summed E-state index contributed by atoms with van der Waals surface area (Å²) in [5, 5.41) is 0. The Kier molecular flexibility index (Phi) is 17.7. The van der Waals surface area contributed by atoms with Crippen LogP contribution in [0.1, 0.15) is 154 Å². The lowest BCUT2D eigenvalue weighted by Gasteiger charge is -2.20. The van der Waals surface area contributed by atoms with Crippen LogP contribution < -0.4 is 9.47 Å². The Labute approximate surface area is 282 Å². The summed E-state index contributed by atoms with van der Waals surface area (Å²) in [6.07, 6.45) is 28.6. The number of ether oxygens (including phenoxy) is 2. The molecule has 0 aliphatic carbocycles. The largest absolute Gasteiger partial charge is 0.492 e. The van der Waals surface area contributed by atoms with Gasteiger partial charge in [0, 0.05) is 0 Å². The van der Waals surface area contributed by atoms with Gasteiger partial charge >= 0.3 is 0 Å². The van der Waals surface area contributed by atoms with Crippen molar-refractivity contribution in [2.24, 2.45) is 0 Å². The zero-order valence-corrected chi connectivity index (χ0v) is 29.7. The number of hydrogen-bond donors (Lipinski definition) is 0. The highest BCUT2D eigenvalue weighted by atomic mass is 16.5. The molecule has 0 aliphatic heterocycles. The van der Waals surface area contributed by atoms with E-state index in [2.05, 4.69) is 101 Å². The molecular formula is C44H58O2. The third kappa shape index (κ3) is 15.5. The first-order chi connectivity index (χ1) is 22.1. The molecule has 0 spiro atoms. The monoisotopic (exact) mass is 618 g/mol. The summed E-state index contributed by atoms with van der Waals surface area (Å²) in [6, 6.07) is 12.6. The Morgan fingerprint density at radius 2 is 0.783 bits per heavy atom. The van der Waals surface area contributed by atoms with Crippen molar-refractivity contribution >= 4 is 0 Å². The van der Waals surface area contributed by atoms with Crippen molar-refractivity contribution in [2.45, 2.75) is 142 Å². The second-order valence-electron chi connectivity index (χ2n) is 14.4. The van der Waals surface area contributed by atoms with Gasteiger partial charge in [-0.1, -0.05) is 131 Å². The summed E-state index contributed by atoms with van der Waals surface area (Å²) in [7, 11) is 0. The lowest BCUT2D eigenvalue weighted by molar-refractivity contribution is 0.303. The molecule has 0 atom stereocenters. The van der Waals surface area contributed by atoms with Gasteiger partial charge in [0.25, 0.3) is 0 Å². The molecule has 0 heterocycles. The van der Waals surface area contributed by atoms with Gasteiger partial charge in [-0.2, -0.15) is 0 Å². The van der Waals surface area contributed by atoms with E-state index >= 15 is 0 Å². The van der Waals surface area contributed by atoms with Gasteiger partial charge in [-0.15, -0.1) is 12.8 Å². The molecule has 2 heteroatoms. The van der Waals surface area contributed by atoms with E-state index in [4.69, 9.17) is 22.3 Å². The Morgan fingerprint density at radius 1 is 0.478 bits per heavy atom. The van der Waals surface area contributed by atoms with Crippen LogP contribution in [0, 0.1) is 48.4 Å². The van der Waals surface area contributed by atoms with Crippen molar-refractivity contribution in [2.75, 3.05) is 13.2 Å². The number of benzene rings is 2. The normalized spacial score (nSPS) is 11.0. The van der Waals surface area contributed by atoms with Gasteiger partial charge in [0.05, 0.1) is 24.3 Å². The quantitative estimate of drug-likeness (QED) is 0.115. The minimum Gasteiger partial charge on any atom is -0.492 e. The van der Waals surface area contributed by atoms with Crippen LogP contribution in [0.15, 0.2) is 36.4 Å². The molecule has 246 valence electrons. The maximum atomic E-state index is 6.08. The molecule has 0 fully saturated rings. The lowest BCUT2D eigenvalue weighted by Crippen LogP contribution is -2.11. The van der Waals surface area contributed by atoms with Gasteiger partial charge in [0.1, 0.15) is 11.5 Å². The van der Waals surface area contributed by atoms with Crippen molar-refractivity contribution in [3.8, 4) is 59.9 Å². The van der Waals surface area contributed by atoms with E-state index in [1.54, 1.807) is 0 Å². The molecular weight excluding hydrogens is 560 g/mol. The average Bonchev–Trinajstić information content (AvgIpc) is 3.01. The molecule has 0 aromatic heterocycles. The van der Waals surface area contributed by atoms with Crippen LogP contribution in [0.3, 0.4) is 0 Å². The molecule has 0 unspecified atom stereocenters. The molecule has 0 saturated heterocycles. The maximum Gasteiger partial charge on any atom is 0.134 e. The molecule has 0 N–H and O–H groups in total. The fourth-order valence-electron chi connectivity index (χ4n) is 5.34. The van der Waals surface area contributed by atoms with Gasteiger partial charge in [-0.25, -0.2) is 0 Å². The molecule has 2 aromatic carbocycles. The summed E-state index contributed by atoms with van der Waals surface area (Å²) < 4.78 is 12.2. The molecule has 0 radical (unpaired) electrons. The minimum atomic E-state index is 0.0634. The molecule has 0 amide bonds. The topological polar surface area (TPSA) is 18.5 Å². The highest BCUT2D eigenvalue weighted by Crippen LogP contribution is 2.29. The van der Waals surface area contributed by atoms with Crippen molar-refractivity contribution in [3.05, 3.63) is 58.7 Å². The third-order valence-corrected chi connectivity index (χ3v) is 8.28. The fraction of sp³-hybridized carbons (Fsp3) is 0.545. The standard InChI is InChI=1S/C44H58O2/c1-9-11-27-37-35-39(43(3,4)5)29-31-41(37)45-33-25-23-21-19-17-15-13-14-16-18-20-22-24-26-34-46-42-32-30-40(44(6,7)8)36-38(42)28-12-10-2/h1-2,29-32,35-36H,13-26,33-34H2,3-8H3. The minimum absolute atomic E-state index is 0.0634. The van der Waals surface area contributed by atoms with Crippen LogP contribution in [-0.4, -0.2) is 13.2 Å². The zero-order chi connectivity index (χ0) is 33.7. The fourth-order valence-corrected chi connectivity index (χ4v) is 5.34. The van der Waals surface area contributed by atoms with E-state index in [1.165, 1.54) is 88.2 Å². The summed E-state index contributed by atoms with van der Waals surface area (Å²) >= 11 is 0. The molecule has 2 nitrogen and oxygen atoms in total. The van der Waals surface area contributed by atoms with Crippen LogP contribution in [-0.2, 0) is 10.8 Å². The van der Waals surface area contributed by atoms with Gasteiger partial charge < -0.3 is 9.47 Å². The van der Waals surface area contributed by atoms with Crippen LogP contribution in [0.4, 0.5) is 0 Å². The van der Waals surface area contributed by atoms with E-state index in [0.29, 0.717) is 0 Å². The Hall–Kier alpha value is -3.72. The van der Waals surface area contributed by atoms with Crippen molar-refractivity contribution in [1.29, 1.82) is 0 Å². The van der Waals surface area contributed by atoms with Crippen molar-refractivity contribution < 1.29 is 9.47 Å². The number of rotatable bonds is 19. The van der Waals surface area contributed by atoms with E-state index in [9.17, 15) is 0 Å². The number of terminal acetylenes is 2. The number of unbranched alkanes of at least 4 members (excludes halogenated alkanes) is 13. The third-order valence-electron chi connectivity index (χ3n) is 8.28. The zero-order valence-electron chi connectivity index (χ0n) is 29.7. The van der Waals surface area contributed by atoms with Gasteiger partial charge in [-0.05, 0) is 94.6 Å². The first-order valence-corrected chi connectivity index (χ1v) is 17.5. The van der Waals surface area contributed by atoms with Crippen LogP contribution in [0.25, 0.3) is 0 Å². The van der Waals surface area contributed by atoms with E-state index < -0.39 is 0 Å².